The van der Waals surface area contributed by atoms with Crippen LogP contribution in [0.4, 0.5) is 0 Å². The fourth-order valence-electron chi connectivity index (χ4n) is 3.64. The molecule has 0 aromatic heterocycles. The minimum Gasteiger partial charge on any atom is -0.497 e. The molecule has 0 saturated heterocycles. The van der Waals surface area contributed by atoms with Crippen molar-refractivity contribution in [1.29, 1.82) is 0 Å². The van der Waals surface area contributed by atoms with Gasteiger partial charge in [0, 0.05) is 12.1 Å². The number of carbonyl (C=O) groups is 2. The van der Waals surface area contributed by atoms with Crippen LogP contribution in [0.3, 0.4) is 0 Å². The Morgan fingerprint density at radius 2 is 1.71 bits per heavy atom. The molecule has 0 aliphatic carbocycles. The number of nitrogens with one attached hydrogen (secondary N) is 1. The van der Waals surface area contributed by atoms with E-state index in [4.69, 9.17) is 14.2 Å². The number of benzene rings is 2. The number of carbonyl (C=O) groups excluding carboxylic acids is 2. The monoisotopic (exact) mass is 424 g/mol. The van der Waals surface area contributed by atoms with Crippen molar-refractivity contribution in [3.05, 3.63) is 70.8 Å². The molecule has 2 aromatic carbocycles. The molecule has 2 atom stereocenters. The van der Waals surface area contributed by atoms with E-state index >= 15 is 0 Å². The summed E-state index contributed by atoms with van der Waals surface area (Å²) in [5.41, 5.74) is 3.19. The van der Waals surface area contributed by atoms with E-state index in [1.54, 1.807) is 32.1 Å². The summed E-state index contributed by atoms with van der Waals surface area (Å²) in [7, 11) is 4.53. The van der Waals surface area contributed by atoms with E-state index in [1.807, 2.05) is 49.4 Å². The van der Waals surface area contributed by atoms with Crippen LogP contribution in [0.2, 0.25) is 0 Å². The molecular formula is C24H28N2O5. The molecule has 7 heteroatoms. The van der Waals surface area contributed by atoms with Crippen LogP contribution in [0.15, 0.2) is 59.7 Å². The fraction of sp³-hybridized carbons (Fsp3) is 0.333. The summed E-state index contributed by atoms with van der Waals surface area (Å²) < 4.78 is 15.6. The summed E-state index contributed by atoms with van der Waals surface area (Å²) in [4.78, 5) is 27.3. The van der Waals surface area contributed by atoms with Gasteiger partial charge in [-0.05, 0) is 54.8 Å². The average Bonchev–Trinajstić information content (AvgIpc) is 3.00. The lowest BCUT2D eigenvalue weighted by atomic mass is 10.0. The second-order valence-electron chi connectivity index (χ2n) is 7.39. The molecule has 0 saturated carbocycles. The normalized spacial score (nSPS) is 17.0. The Labute approximate surface area is 182 Å². The van der Waals surface area contributed by atoms with Crippen molar-refractivity contribution in [2.45, 2.75) is 32.6 Å². The van der Waals surface area contributed by atoms with Gasteiger partial charge in [-0.1, -0.05) is 24.3 Å². The molecule has 0 fully saturated rings. The Morgan fingerprint density at radius 3 is 2.32 bits per heavy atom. The average molecular weight is 424 g/mol. The van der Waals surface area contributed by atoms with Crippen LogP contribution in [0.25, 0.3) is 0 Å². The van der Waals surface area contributed by atoms with Crippen LogP contribution < -0.4 is 14.8 Å². The number of esters is 1. The Hall–Kier alpha value is -3.32. The first-order chi connectivity index (χ1) is 14.9. The van der Waals surface area contributed by atoms with Gasteiger partial charge in [0.1, 0.15) is 23.7 Å². The summed E-state index contributed by atoms with van der Waals surface area (Å²) >= 11 is 0. The second-order valence-corrected chi connectivity index (χ2v) is 7.39. The molecule has 1 N–H and O–H groups in total. The van der Waals surface area contributed by atoms with Crippen LogP contribution in [-0.2, 0) is 20.9 Å². The van der Waals surface area contributed by atoms with Crippen molar-refractivity contribution in [2.24, 2.45) is 0 Å². The number of hydrogen-bond donors (Lipinski definition) is 1. The molecule has 1 aliphatic heterocycles. The highest BCUT2D eigenvalue weighted by Crippen LogP contribution is 2.29. The van der Waals surface area contributed by atoms with Crippen molar-refractivity contribution in [2.75, 3.05) is 21.3 Å². The maximum absolute atomic E-state index is 13.0. The molecule has 1 heterocycles. The highest BCUT2D eigenvalue weighted by molar-refractivity contribution is 5.97. The van der Waals surface area contributed by atoms with E-state index in [1.165, 1.54) is 7.11 Å². The van der Waals surface area contributed by atoms with E-state index in [0.29, 0.717) is 23.4 Å². The molecule has 0 unspecified atom stereocenters. The van der Waals surface area contributed by atoms with Crippen LogP contribution in [-0.4, -0.2) is 44.3 Å². The van der Waals surface area contributed by atoms with Gasteiger partial charge in [-0.15, -0.1) is 0 Å². The van der Waals surface area contributed by atoms with E-state index < -0.39 is 18.2 Å². The minimum atomic E-state index is -0.767. The van der Waals surface area contributed by atoms with Gasteiger partial charge in [0.05, 0.1) is 21.3 Å². The summed E-state index contributed by atoms with van der Waals surface area (Å²) in [6.07, 6.45) is -0.454. The van der Waals surface area contributed by atoms with Crippen LogP contribution in [0.1, 0.15) is 31.0 Å². The van der Waals surface area contributed by atoms with Gasteiger partial charge in [-0.2, -0.15) is 0 Å². The Morgan fingerprint density at radius 1 is 1.03 bits per heavy atom. The third-order valence-corrected chi connectivity index (χ3v) is 5.60. The zero-order valence-electron chi connectivity index (χ0n) is 18.5. The molecule has 7 nitrogen and oxygen atoms in total. The third kappa shape index (κ3) is 4.72. The van der Waals surface area contributed by atoms with E-state index in [2.05, 4.69) is 5.32 Å². The van der Waals surface area contributed by atoms with Crippen molar-refractivity contribution in [3.8, 4) is 11.5 Å². The van der Waals surface area contributed by atoms with Crippen LogP contribution in [0.5, 0.6) is 11.5 Å². The number of rotatable bonds is 8. The molecule has 1 aliphatic rings. The first-order valence-electron chi connectivity index (χ1n) is 9.98. The topological polar surface area (TPSA) is 77.1 Å². The van der Waals surface area contributed by atoms with Crippen molar-refractivity contribution in [1.82, 2.24) is 10.2 Å². The van der Waals surface area contributed by atoms with Crippen molar-refractivity contribution in [3.63, 3.8) is 0 Å². The van der Waals surface area contributed by atoms with Gasteiger partial charge >= 0.3 is 5.97 Å². The fourth-order valence-corrected chi connectivity index (χ4v) is 3.64. The van der Waals surface area contributed by atoms with Gasteiger partial charge in [0.25, 0.3) is 5.91 Å². The van der Waals surface area contributed by atoms with E-state index in [9.17, 15) is 9.59 Å². The summed E-state index contributed by atoms with van der Waals surface area (Å²) in [6.45, 7) is 4.10. The molecule has 3 rings (SSSR count). The molecule has 0 radical (unpaired) electrons. The molecule has 31 heavy (non-hydrogen) atoms. The van der Waals surface area contributed by atoms with Crippen molar-refractivity contribution >= 4 is 11.9 Å². The van der Waals surface area contributed by atoms with Gasteiger partial charge in [-0.3, -0.25) is 10.1 Å². The quantitative estimate of drug-likeness (QED) is 0.656. The smallest absolute Gasteiger partial charge is 0.327 e. The number of amides is 1. The maximum Gasteiger partial charge on any atom is 0.327 e. The summed E-state index contributed by atoms with van der Waals surface area (Å²) in [6, 6.07) is 14.0. The number of nitrogens with zero attached hydrogens (tertiary/aromatic N) is 1. The molecule has 164 valence electrons. The first kappa shape index (κ1) is 22.4. The molecule has 0 bridgehead atoms. The van der Waals surface area contributed by atoms with Crippen LogP contribution in [0, 0.1) is 0 Å². The molecular weight excluding hydrogens is 396 g/mol. The van der Waals surface area contributed by atoms with Crippen LogP contribution >= 0.6 is 0 Å². The Bertz CT molecular complexity index is 984. The largest absolute Gasteiger partial charge is 0.497 e. The predicted octanol–water partition coefficient (Wildman–Crippen LogP) is 3.21. The third-order valence-electron chi connectivity index (χ3n) is 5.60. The molecule has 2 aromatic rings. The highest BCUT2D eigenvalue weighted by atomic mass is 16.5. The van der Waals surface area contributed by atoms with Gasteiger partial charge in [0.2, 0.25) is 0 Å². The minimum absolute atomic E-state index is 0.0694. The van der Waals surface area contributed by atoms with Gasteiger partial charge < -0.3 is 19.1 Å². The Balaban J connectivity index is 1.90. The maximum atomic E-state index is 13.0. The summed E-state index contributed by atoms with van der Waals surface area (Å²) in [5, 5.41) is 3.33. The predicted molar refractivity (Wildman–Crippen MR) is 117 cm³/mol. The number of ether oxygens (including phenoxy) is 3. The lowest BCUT2D eigenvalue weighted by Gasteiger charge is -2.31. The van der Waals surface area contributed by atoms with Gasteiger partial charge in [-0.25, -0.2) is 4.79 Å². The molecule has 0 spiro atoms. The lowest BCUT2D eigenvalue weighted by Crippen LogP contribution is -2.48. The SMILES string of the molecule is COC(=O)[C@@H](N[C@@H]1C(C)=C(C)C(=O)N1Cc1ccc(OC)cc1)c1cccc(OC)c1. The standard InChI is InChI=1S/C24H28N2O5/c1-15-16(2)23(27)26(14-17-9-11-19(29-3)12-10-17)22(15)25-21(24(28)31-5)18-7-6-8-20(13-18)30-4/h6-13,21-22,25H,14H2,1-5H3/t21-,22-/m0/s1. The zero-order chi connectivity index (χ0) is 22.5. The highest BCUT2D eigenvalue weighted by Gasteiger charge is 2.38. The van der Waals surface area contributed by atoms with Gasteiger partial charge in [0.15, 0.2) is 0 Å². The molecule has 1 amide bonds. The van der Waals surface area contributed by atoms with Crippen molar-refractivity contribution < 1.29 is 23.8 Å². The first-order valence-corrected chi connectivity index (χ1v) is 9.98. The second kappa shape index (κ2) is 9.66. The number of hydrogen-bond acceptors (Lipinski definition) is 6. The zero-order valence-corrected chi connectivity index (χ0v) is 18.5. The van der Waals surface area contributed by atoms with E-state index in [-0.39, 0.29) is 5.91 Å². The summed E-state index contributed by atoms with van der Waals surface area (Å²) in [5.74, 6) is 0.872. The Kier molecular flexibility index (Phi) is 6.97. The van der Waals surface area contributed by atoms with E-state index in [0.717, 1.165) is 16.9 Å². The lowest BCUT2D eigenvalue weighted by molar-refractivity contribution is -0.144. The number of methoxy groups -OCH3 is 3.